The van der Waals surface area contributed by atoms with Crippen molar-refractivity contribution in [3.63, 3.8) is 0 Å². The van der Waals surface area contributed by atoms with Gasteiger partial charge >= 0.3 is 0 Å². The van der Waals surface area contributed by atoms with Crippen molar-refractivity contribution in [2.24, 2.45) is 0 Å². The number of halogens is 1. The molecule has 142 valence electrons. The predicted octanol–water partition coefficient (Wildman–Crippen LogP) is 4.80. The van der Waals surface area contributed by atoms with Crippen molar-refractivity contribution in [3.05, 3.63) is 103 Å². The van der Waals surface area contributed by atoms with Crippen LogP contribution in [0.1, 0.15) is 11.1 Å². The summed E-state index contributed by atoms with van der Waals surface area (Å²) in [6.45, 7) is 0.464. The third-order valence-electron chi connectivity index (χ3n) is 4.64. The molecule has 0 aliphatic heterocycles. The van der Waals surface area contributed by atoms with E-state index >= 15 is 0 Å². The van der Waals surface area contributed by atoms with E-state index in [4.69, 9.17) is 4.74 Å². The Bertz CT molecular complexity index is 1440. The molecule has 5 rings (SSSR count). The molecule has 0 atom stereocenters. The van der Waals surface area contributed by atoms with Crippen LogP contribution in [0.3, 0.4) is 0 Å². The number of hydrogen-bond donors (Lipinski definition) is 0. The Morgan fingerprint density at radius 3 is 2.69 bits per heavy atom. The zero-order valence-electron chi connectivity index (χ0n) is 15.2. The third-order valence-corrected chi connectivity index (χ3v) is 6.10. The van der Waals surface area contributed by atoms with Crippen molar-refractivity contribution in [1.29, 1.82) is 0 Å². The highest BCUT2D eigenvalue weighted by molar-refractivity contribution is 9.10. The summed E-state index contributed by atoms with van der Waals surface area (Å²) in [6, 6.07) is 23.5. The molecular formula is C23H15BrN2O2S. The maximum atomic E-state index is 13.0. The molecule has 0 fully saturated rings. The number of rotatable bonds is 4. The number of thiazole rings is 1. The first kappa shape index (κ1) is 18.1. The lowest BCUT2D eigenvalue weighted by molar-refractivity contribution is 0.305. The van der Waals surface area contributed by atoms with Crippen LogP contribution in [0.25, 0.3) is 22.1 Å². The molecule has 4 nitrogen and oxygen atoms in total. The van der Waals surface area contributed by atoms with Gasteiger partial charge in [-0.25, -0.2) is 9.38 Å². The number of hydrogen-bond acceptors (Lipinski definition) is 4. The minimum atomic E-state index is -0.0623. The zero-order valence-corrected chi connectivity index (χ0v) is 17.6. The first-order chi connectivity index (χ1) is 14.2. The van der Waals surface area contributed by atoms with E-state index < -0.39 is 0 Å². The minimum absolute atomic E-state index is 0.0623. The van der Waals surface area contributed by atoms with Gasteiger partial charge in [-0.3, -0.25) is 4.79 Å². The van der Waals surface area contributed by atoms with Crippen LogP contribution in [0.2, 0.25) is 0 Å². The maximum Gasteiger partial charge on any atom is 0.274 e. The average molecular weight is 463 g/mol. The van der Waals surface area contributed by atoms with Crippen molar-refractivity contribution in [2.75, 3.05) is 0 Å². The van der Waals surface area contributed by atoms with E-state index in [0.29, 0.717) is 16.1 Å². The monoisotopic (exact) mass is 462 g/mol. The molecule has 0 aliphatic carbocycles. The summed E-state index contributed by atoms with van der Waals surface area (Å²) in [5, 5.41) is 0. The van der Waals surface area contributed by atoms with Gasteiger partial charge in [0.05, 0.1) is 15.6 Å². The molecule has 0 bridgehead atoms. The smallest absolute Gasteiger partial charge is 0.274 e. The van der Waals surface area contributed by atoms with E-state index in [-0.39, 0.29) is 5.56 Å². The molecule has 0 saturated carbocycles. The number of para-hydroxylation sites is 2. The summed E-state index contributed by atoms with van der Waals surface area (Å²) in [5.74, 6) is 0.729. The van der Waals surface area contributed by atoms with Crippen LogP contribution in [0.15, 0.2) is 82.1 Å². The molecule has 0 N–H and O–H groups in total. The molecule has 2 aromatic heterocycles. The van der Waals surface area contributed by atoms with E-state index in [1.807, 2.05) is 78.9 Å². The lowest BCUT2D eigenvalue weighted by atomic mass is 10.2. The second-order valence-electron chi connectivity index (χ2n) is 6.59. The third kappa shape index (κ3) is 3.45. The number of nitrogens with zero attached hydrogens (tertiary/aromatic N) is 2. The largest absolute Gasteiger partial charge is 0.488 e. The Balaban J connectivity index is 1.59. The van der Waals surface area contributed by atoms with Crippen molar-refractivity contribution in [1.82, 2.24) is 9.38 Å². The van der Waals surface area contributed by atoms with Crippen LogP contribution in [0, 0.1) is 0 Å². The lowest BCUT2D eigenvalue weighted by Gasteiger charge is -2.09. The van der Waals surface area contributed by atoms with Gasteiger partial charge in [-0.1, -0.05) is 69.7 Å². The fourth-order valence-electron chi connectivity index (χ4n) is 3.25. The molecule has 2 heterocycles. The summed E-state index contributed by atoms with van der Waals surface area (Å²) in [7, 11) is 0. The van der Waals surface area contributed by atoms with Gasteiger partial charge in [-0.15, -0.1) is 0 Å². The SMILES string of the molecule is O=c1/c(=C/c2cc(Br)ccc2OCc2ccccc2)sc2nc3ccccc3n12. The number of ether oxygens (including phenoxy) is 1. The minimum Gasteiger partial charge on any atom is -0.488 e. The normalized spacial score (nSPS) is 12.1. The fraction of sp³-hybridized carbons (Fsp3) is 0.0435. The van der Waals surface area contributed by atoms with E-state index in [1.165, 1.54) is 11.3 Å². The number of fused-ring (bicyclic) bond motifs is 3. The second kappa shape index (κ2) is 7.46. The van der Waals surface area contributed by atoms with E-state index in [9.17, 15) is 4.79 Å². The van der Waals surface area contributed by atoms with Crippen LogP contribution < -0.4 is 14.8 Å². The Hall–Kier alpha value is -2.96. The molecule has 0 radical (unpaired) electrons. The molecular weight excluding hydrogens is 448 g/mol. The quantitative estimate of drug-likeness (QED) is 0.385. The van der Waals surface area contributed by atoms with Gasteiger partial charge in [-0.05, 0) is 42.0 Å². The molecule has 0 aliphatic rings. The maximum absolute atomic E-state index is 13.0. The van der Waals surface area contributed by atoms with Gasteiger partial charge in [0.25, 0.3) is 5.56 Å². The highest BCUT2D eigenvalue weighted by atomic mass is 79.9. The van der Waals surface area contributed by atoms with Crippen LogP contribution in [0.4, 0.5) is 0 Å². The van der Waals surface area contributed by atoms with Crippen molar-refractivity contribution < 1.29 is 4.74 Å². The molecule has 5 aromatic rings. The van der Waals surface area contributed by atoms with Gasteiger partial charge in [0.2, 0.25) is 0 Å². The second-order valence-corrected chi connectivity index (χ2v) is 8.52. The van der Waals surface area contributed by atoms with Crippen LogP contribution in [-0.4, -0.2) is 9.38 Å². The molecule has 0 saturated heterocycles. The molecule has 6 heteroatoms. The summed E-state index contributed by atoms with van der Waals surface area (Å²) in [6.07, 6.45) is 1.88. The first-order valence-electron chi connectivity index (χ1n) is 9.07. The lowest BCUT2D eigenvalue weighted by Crippen LogP contribution is -2.22. The fourth-order valence-corrected chi connectivity index (χ4v) is 4.61. The van der Waals surface area contributed by atoms with Gasteiger partial charge in [0.15, 0.2) is 4.96 Å². The first-order valence-corrected chi connectivity index (χ1v) is 10.7. The standard InChI is InChI=1S/C23H15BrN2O2S/c24-17-10-11-20(28-14-15-6-2-1-3-7-15)16(12-17)13-21-22(27)26-19-9-5-4-8-18(19)25-23(26)29-21/h1-13H,14H2/b21-13-. The number of aromatic nitrogens is 2. The Morgan fingerprint density at radius 2 is 1.83 bits per heavy atom. The average Bonchev–Trinajstić information content (AvgIpc) is 3.24. The predicted molar refractivity (Wildman–Crippen MR) is 121 cm³/mol. The molecule has 0 unspecified atom stereocenters. The van der Waals surface area contributed by atoms with E-state index in [0.717, 1.165) is 32.4 Å². The summed E-state index contributed by atoms with van der Waals surface area (Å²) >= 11 is 4.90. The molecule has 3 aromatic carbocycles. The van der Waals surface area contributed by atoms with Gasteiger partial charge in [0, 0.05) is 10.0 Å². The Labute approximate surface area is 178 Å². The summed E-state index contributed by atoms with van der Waals surface area (Å²) in [5.41, 5.74) is 3.54. The van der Waals surface area contributed by atoms with Crippen molar-refractivity contribution >= 4 is 49.3 Å². The highest BCUT2D eigenvalue weighted by Crippen LogP contribution is 2.25. The number of benzene rings is 3. The van der Waals surface area contributed by atoms with E-state index in [1.54, 1.807) is 4.40 Å². The summed E-state index contributed by atoms with van der Waals surface area (Å²) in [4.78, 5) is 18.3. The molecule has 0 spiro atoms. The Morgan fingerprint density at radius 1 is 1.03 bits per heavy atom. The van der Waals surface area contributed by atoms with Crippen molar-refractivity contribution in [2.45, 2.75) is 6.61 Å². The van der Waals surface area contributed by atoms with Gasteiger partial charge in [0.1, 0.15) is 12.4 Å². The zero-order chi connectivity index (χ0) is 19.8. The van der Waals surface area contributed by atoms with Crippen molar-refractivity contribution in [3.8, 4) is 5.75 Å². The van der Waals surface area contributed by atoms with E-state index in [2.05, 4.69) is 20.9 Å². The topological polar surface area (TPSA) is 43.6 Å². The Kier molecular flexibility index (Phi) is 4.66. The van der Waals surface area contributed by atoms with Crippen LogP contribution in [0.5, 0.6) is 5.75 Å². The van der Waals surface area contributed by atoms with Crippen LogP contribution in [-0.2, 0) is 6.61 Å². The number of imidazole rings is 1. The van der Waals surface area contributed by atoms with Crippen LogP contribution >= 0.6 is 27.3 Å². The highest BCUT2D eigenvalue weighted by Gasteiger charge is 2.11. The molecule has 29 heavy (non-hydrogen) atoms. The summed E-state index contributed by atoms with van der Waals surface area (Å²) < 4.78 is 9.27. The molecule has 0 amide bonds. The van der Waals surface area contributed by atoms with Gasteiger partial charge in [-0.2, -0.15) is 0 Å². The van der Waals surface area contributed by atoms with Gasteiger partial charge < -0.3 is 4.74 Å².